The van der Waals surface area contributed by atoms with E-state index in [1.54, 1.807) is 0 Å². The number of rotatable bonds is 7. The van der Waals surface area contributed by atoms with Gasteiger partial charge in [0.15, 0.2) is 0 Å². The van der Waals surface area contributed by atoms with Gasteiger partial charge in [-0.25, -0.2) is 4.79 Å². The second-order valence-electron chi connectivity index (χ2n) is 7.00. The smallest absolute Gasteiger partial charge is 0.317 e. The van der Waals surface area contributed by atoms with Crippen LogP contribution >= 0.6 is 0 Å². The lowest BCUT2D eigenvalue weighted by molar-refractivity contribution is 0.190. The third kappa shape index (κ3) is 4.20. The van der Waals surface area contributed by atoms with Crippen LogP contribution in [0.1, 0.15) is 43.2 Å². The van der Waals surface area contributed by atoms with E-state index in [1.165, 1.54) is 23.2 Å². The molecule has 3 rings (SSSR count). The summed E-state index contributed by atoms with van der Waals surface area (Å²) < 4.78 is 0. The number of nitrogens with one attached hydrogen (secondary N) is 1. The Morgan fingerprint density at radius 2 is 2.21 bits per heavy atom. The highest BCUT2D eigenvalue weighted by Crippen LogP contribution is 2.28. The number of hydrogen-bond acceptors (Lipinski definition) is 3. The zero-order valence-corrected chi connectivity index (χ0v) is 14.6. The number of urea groups is 1. The number of carbonyl (C=O) groups excluding carboxylic acids is 1. The number of benzene rings is 1. The predicted octanol–water partition coefficient (Wildman–Crippen LogP) is 2.52. The monoisotopic (exact) mass is 331 g/mol. The second kappa shape index (κ2) is 7.88. The molecule has 1 aliphatic carbocycles. The van der Waals surface area contributed by atoms with E-state index in [-0.39, 0.29) is 12.6 Å². The Balaban J connectivity index is 1.55. The molecule has 2 aliphatic rings. The summed E-state index contributed by atoms with van der Waals surface area (Å²) >= 11 is 0. The van der Waals surface area contributed by atoms with E-state index in [4.69, 9.17) is 5.11 Å². The van der Waals surface area contributed by atoms with Gasteiger partial charge in [0.2, 0.25) is 0 Å². The van der Waals surface area contributed by atoms with Gasteiger partial charge in [0.05, 0.1) is 0 Å². The summed E-state index contributed by atoms with van der Waals surface area (Å²) in [4.78, 5) is 16.7. The lowest BCUT2D eigenvalue weighted by Gasteiger charge is -2.28. The van der Waals surface area contributed by atoms with Crippen molar-refractivity contribution in [3.05, 3.63) is 29.3 Å². The van der Waals surface area contributed by atoms with Crippen LogP contribution in [0.25, 0.3) is 0 Å². The SMILES string of the molecule is CN1CCCc2cc(CNC(=O)N(CCCCO)C3CC3)ccc21. The molecule has 5 heteroatoms. The molecule has 5 nitrogen and oxygen atoms in total. The van der Waals surface area contributed by atoms with E-state index in [1.807, 2.05) is 4.90 Å². The van der Waals surface area contributed by atoms with Crippen LogP contribution in [-0.2, 0) is 13.0 Å². The van der Waals surface area contributed by atoms with Crippen molar-refractivity contribution >= 4 is 11.7 Å². The van der Waals surface area contributed by atoms with Gasteiger partial charge in [-0.3, -0.25) is 0 Å². The van der Waals surface area contributed by atoms with Gasteiger partial charge in [-0.15, -0.1) is 0 Å². The van der Waals surface area contributed by atoms with E-state index >= 15 is 0 Å². The van der Waals surface area contributed by atoms with Crippen molar-refractivity contribution in [2.75, 3.05) is 31.6 Å². The second-order valence-corrected chi connectivity index (χ2v) is 7.00. The fourth-order valence-electron chi connectivity index (χ4n) is 3.46. The fourth-order valence-corrected chi connectivity index (χ4v) is 3.46. The Morgan fingerprint density at radius 3 is 2.96 bits per heavy atom. The average Bonchev–Trinajstić information content (AvgIpc) is 3.41. The minimum Gasteiger partial charge on any atom is -0.396 e. The van der Waals surface area contributed by atoms with Gasteiger partial charge in [-0.1, -0.05) is 12.1 Å². The van der Waals surface area contributed by atoms with Gasteiger partial charge in [-0.05, 0) is 55.7 Å². The summed E-state index contributed by atoms with van der Waals surface area (Å²) in [5.74, 6) is 0. The number of amides is 2. The van der Waals surface area contributed by atoms with Crippen LogP contribution < -0.4 is 10.2 Å². The first-order valence-corrected chi connectivity index (χ1v) is 9.17. The van der Waals surface area contributed by atoms with Crippen LogP contribution in [0.3, 0.4) is 0 Å². The van der Waals surface area contributed by atoms with Gasteiger partial charge >= 0.3 is 6.03 Å². The number of carbonyl (C=O) groups is 1. The van der Waals surface area contributed by atoms with Gasteiger partial charge < -0.3 is 20.2 Å². The normalized spacial score (nSPS) is 16.7. The molecule has 1 heterocycles. The molecule has 2 amide bonds. The van der Waals surface area contributed by atoms with Gasteiger partial charge in [-0.2, -0.15) is 0 Å². The standard InChI is InChI=1S/C19H29N3O2/c1-21-10-4-5-16-13-15(6-9-18(16)21)14-20-19(24)22(17-7-8-17)11-2-3-12-23/h6,9,13,17,23H,2-5,7-8,10-12,14H2,1H3,(H,20,24). The lowest BCUT2D eigenvalue weighted by atomic mass is 9.99. The number of hydrogen-bond donors (Lipinski definition) is 2. The van der Waals surface area contributed by atoms with Crippen molar-refractivity contribution in [1.29, 1.82) is 0 Å². The Labute approximate surface area is 144 Å². The number of unbranched alkanes of at least 4 members (excludes halogenated alkanes) is 1. The number of aryl methyl sites for hydroxylation is 1. The molecule has 1 aromatic carbocycles. The van der Waals surface area contributed by atoms with Crippen molar-refractivity contribution in [2.24, 2.45) is 0 Å². The topological polar surface area (TPSA) is 55.8 Å². The zero-order valence-electron chi connectivity index (χ0n) is 14.6. The number of aliphatic hydroxyl groups excluding tert-OH is 1. The van der Waals surface area contributed by atoms with Crippen LogP contribution in [0.15, 0.2) is 18.2 Å². The minimum absolute atomic E-state index is 0.0327. The third-order valence-electron chi connectivity index (χ3n) is 4.99. The highest BCUT2D eigenvalue weighted by molar-refractivity contribution is 5.75. The molecular weight excluding hydrogens is 302 g/mol. The quantitative estimate of drug-likeness (QED) is 0.755. The van der Waals surface area contributed by atoms with Gasteiger partial charge in [0.1, 0.15) is 0 Å². The molecule has 0 radical (unpaired) electrons. The van der Waals surface area contributed by atoms with Gasteiger partial charge in [0, 0.05) is 45.0 Å². The van der Waals surface area contributed by atoms with E-state index in [0.717, 1.165) is 45.2 Å². The maximum Gasteiger partial charge on any atom is 0.317 e. The van der Waals surface area contributed by atoms with Crippen LogP contribution in [-0.4, -0.2) is 48.8 Å². The van der Waals surface area contributed by atoms with E-state index < -0.39 is 0 Å². The summed E-state index contributed by atoms with van der Waals surface area (Å²) in [6.45, 7) is 2.64. The molecule has 1 fully saturated rings. The molecule has 2 N–H and O–H groups in total. The molecule has 1 aliphatic heterocycles. The van der Waals surface area contributed by atoms with E-state index in [9.17, 15) is 4.79 Å². The number of nitrogens with zero attached hydrogens (tertiary/aromatic N) is 2. The van der Waals surface area contributed by atoms with E-state index in [0.29, 0.717) is 12.6 Å². The summed E-state index contributed by atoms with van der Waals surface area (Å²) in [5.41, 5.74) is 3.88. The molecule has 24 heavy (non-hydrogen) atoms. The summed E-state index contributed by atoms with van der Waals surface area (Å²) in [6, 6.07) is 6.97. The first-order valence-electron chi connectivity index (χ1n) is 9.17. The first-order chi connectivity index (χ1) is 11.7. The molecule has 132 valence electrons. The molecular formula is C19H29N3O2. The van der Waals surface area contributed by atoms with Crippen LogP contribution in [0.5, 0.6) is 0 Å². The first kappa shape index (κ1) is 17.1. The van der Waals surface area contributed by atoms with E-state index in [2.05, 4.69) is 35.5 Å². The Kier molecular flexibility index (Phi) is 5.61. The Hall–Kier alpha value is -1.75. The number of fused-ring (bicyclic) bond motifs is 1. The molecule has 1 saturated carbocycles. The molecule has 0 aromatic heterocycles. The fraction of sp³-hybridized carbons (Fsp3) is 0.632. The van der Waals surface area contributed by atoms with Crippen LogP contribution in [0, 0.1) is 0 Å². The molecule has 0 spiro atoms. The maximum atomic E-state index is 12.5. The van der Waals surface area contributed by atoms with Crippen molar-refractivity contribution in [3.63, 3.8) is 0 Å². The number of aliphatic hydroxyl groups is 1. The summed E-state index contributed by atoms with van der Waals surface area (Å²) in [7, 11) is 2.14. The predicted molar refractivity (Wildman–Crippen MR) is 96.3 cm³/mol. The Bertz CT molecular complexity index is 572. The molecule has 0 bridgehead atoms. The maximum absolute atomic E-state index is 12.5. The lowest BCUT2D eigenvalue weighted by Crippen LogP contribution is -2.41. The molecule has 1 aromatic rings. The Morgan fingerprint density at radius 1 is 1.38 bits per heavy atom. The average molecular weight is 331 g/mol. The van der Waals surface area contributed by atoms with Crippen molar-refractivity contribution < 1.29 is 9.90 Å². The summed E-state index contributed by atoms with van der Waals surface area (Å²) in [6.07, 6.45) is 6.16. The third-order valence-corrected chi connectivity index (χ3v) is 4.99. The van der Waals surface area contributed by atoms with Crippen molar-refractivity contribution in [1.82, 2.24) is 10.2 Å². The van der Waals surface area contributed by atoms with Crippen LogP contribution in [0.4, 0.5) is 10.5 Å². The zero-order chi connectivity index (χ0) is 16.9. The van der Waals surface area contributed by atoms with Crippen LogP contribution in [0.2, 0.25) is 0 Å². The number of anilines is 1. The highest BCUT2D eigenvalue weighted by Gasteiger charge is 2.31. The summed E-state index contributed by atoms with van der Waals surface area (Å²) in [5, 5.41) is 12.0. The van der Waals surface area contributed by atoms with Gasteiger partial charge in [0.25, 0.3) is 0 Å². The van der Waals surface area contributed by atoms with Crippen molar-refractivity contribution in [2.45, 2.75) is 51.1 Å². The molecule has 0 unspecified atom stereocenters. The molecule has 0 saturated heterocycles. The highest BCUT2D eigenvalue weighted by atomic mass is 16.3. The van der Waals surface area contributed by atoms with Crippen molar-refractivity contribution in [3.8, 4) is 0 Å². The minimum atomic E-state index is 0.0327. The largest absolute Gasteiger partial charge is 0.396 e. The molecule has 0 atom stereocenters.